The minimum atomic E-state index is -0.449. The lowest BCUT2D eigenvalue weighted by molar-refractivity contribution is -0.115. The molecule has 1 atom stereocenters. The Morgan fingerprint density at radius 2 is 1.35 bits per heavy atom. The zero-order valence-electron chi connectivity index (χ0n) is 18.8. The lowest BCUT2D eigenvalue weighted by Crippen LogP contribution is -2.22. The van der Waals surface area contributed by atoms with E-state index < -0.39 is 11.2 Å². The molecule has 0 aliphatic heterocycles. The van der Waals surface area contributed by atoms with Crippen molar-refractivity contribution in [3.63, 3.8) is 0 Å². The summed E-state index contributed by atoms with van der Waals surface area (Å²) in [6.45, 7) is 1.81. The molecule has 0 aliphatic rings. The Hall–Kier alpha value is -3.97. The minimum Gasteiger partial charge on any atom is -0.465 e. The van der Waals surface area contributed by atoms with Gasteiger partial charge in [-0.2, -0.15) is 0 Å². The Bertz CT molecular complexity index is 1220. The fourth-order valence-corrected chi connectivity index (χ4v) is 4.04. The van der Waals surface area contributed by atoms with Crippen molar-refractivity contribution in [2.75, 3.05) is 12.4 Å². The molecule has 4 rings (SSSR count). The van der Waals surface area contributed by atoms with Crippen LogP contribution in [0.3, 0.4) is 0 Å². The van der Waals surface area contributed by atoms with Gasteiger partial charge in [-0.1, -0.05) is 72.4 Å². The largest absolute Gasteiger partial charge is 0.465 e. The highest BCUT2D eigenvalue weighted by atomic mass is 32.2. The molecule has 1 aromatic heterocycles. The predicted octanol–water partition coefficient (Wildman–Crippen LogP) is 5.72. The second-order valence-electron chi connectivity index (χ2n) is 7.47. The molecule has 3 aromatic carbocycles. The summed E-state index contributed by atoms with van der Waals surface area (Å²) in [6.07, 6.45) is 0. The average molecular weight is 470 g/mol. The van der Waals surface area contributed by atoms with Crippen LogP contribution in [-0.4, -0.2) is 34.2 Å². The Labute approximate surface area is 202 Å². The quantitative estimate of drug-likeness (QED) is 0.212. The van der Waals surface area contributed by atoms with E-state index in [4.69, 9.17) is 14.7 Å². The molecule has 1 N–H and O–H groups in total. The van der Waals surface area contributed by atoms with Crippen LogP contribution in [-0.2, 0) is 9.53 Å². The standard InChI is InChI=1S/C27H23N3O3S/c1-18(25(31)28-22-15-13-21(14-16-22)26(32)33-2)34-27-29-23(19-9-5-3-6-10-19)17-24(30-27)20-11-7-4-8-12-20/h3-18H,1-2H3,(H,28,31). The summed E-state index contributed by atoms with van der Waals surface area (Å²) in [4.78, 5) is 33.9. The third kappa shape index (κ3) is 5.68. The summed E-state index contributed by atoms with van der Waals surface area (Å²) in [5.74, 6) is -0.614. The molecular weight excluding hydrogens is 446 g/mol. The van der Waals surface area contributed by atoms with E-state index in [-0.39, 0.29) is 5.91 Å². The number of rotatable bonds is 7. The highest BCUT2D eigenvalue weighted by Crippen LogP contribution is 2.29. The van der Waals surface area contributed by atoms with Crippen molar-refractivity contribution < 1.29 is 14.3 Å². The maximum Gasteiger partial charge on any atom is 0.337 e. The van der Waals surface area contributed by atoms with E-state index in [1.807, 2.05) is 73.7 Å². The molecule has 0 aliphatic carbocycles. The first kappa shape index (κ1) is 23.2. The minimum absolute atomic E-state index is 0.189. The van der Waals surface area contributed by atoms with Crippen LogP contribution in [0.5, 0.6) is 0 Å². The molecule has 6 nitrogen and oxygen atoms in total. The van der Waals surface area contributed by atoms with Gasteiger partial charge in [0.25, 0.3) is 0 Å². The molecule has 7 heteroatoms. The maximum atomic E-state index is 12.8. The highest BCUT2D eigenvalue weighted by molar-refractivity contribution is 8.00. The zero-order valence-corrected chi connectivity index (χ0v) is 19.6. The molecule has 0 saturated heterocycles. The summed E-state index contributed by atoms with van der Waals surface area (Å²) in [7, 11) is 1.33. The third-order valence-electron chi connectivity index (χ3n) is 5.07. The van der Waals surface area contributed by atoms with Gasteiger partial charge in [-0.15, -0.1) is 0 Å². The van der Waals surface area contributed by atoms with Gasteiger partial charge in [0.2, 0.25) is 5.91 Å². The van der Waals surface area contributed by atoms with Crippen LogP contribution in [0.25, 0.3) is 22.5 Å². The molecular formula is C27H23N3O3S. The van der Waals surface area contributed by atoms with E-state index in [9.17, 15) is 9.59 Å². The molecule has 0 fully saturated rings. The van der Waals surface area contributed by atoms with Gasteiger partial charge in [0.1, 0.15) is 0 Å². The molecule has 0 bridgehead atoms. The number of ether oxygens (including phenoxy) is 1. The van der Waals surface area contributed by atoms with Crippen LogP contribution in [0.1, 0.15) is 17.3 Å². The first-order valence-electron chi connectivity index (χ1n) is 10.7. The summed E-state index contributed by atoms with van der Waals surface area (Å²) >= 11 is 1.29. The number of carbonyl (C=O) groups is 2. The van der Waals surface area contributed by atoms with E-state index in [1.54, 1.807) is 24.3 Å². The molecule has 170 valence electrons. The van der Waals surface area contributed by atoms with Gasteiger partial charge >= 0.3 is 5.97 Å². The molecule has 4 aromatic rings. The number of carbonyl (C=O) groups excluding carboxylic acids is 2. The normalized spacial score (nSPS) is 11.5. The number of hydrogen-bond acceptors (Lipinski definition) is 6. The van der Waals surface area contributed by atoms with Crippen LogP contribution in [0.4, 0.5) is 5.69 Å². The number of thioether (sulfide) groups is 1. The fraction of sp³-hybridized carbons (Fsp3) is 0.111. The van der Waals surface area contributed by atoms with E-state index in [0.717, 1.165) is 22.5 Å². The first-order valence-corrected chi connectivity index (χ1v) is 11.6. The van der Waals surface area contributed by atoms with Gasteiger partial charge in [0.05, 0.1) is 29.3 Å². The maximum absolute atomic E-state index is 12.8. The van der Waals surface area contributed by atoms with E-state index in [0.29, 0.717) is 16.4 Å². The molecule has 1 amide bonds. The molecule has 1 heterocycles. The van der Waals surface area contributed by atoms with Gasteiger partial charge in [0, 0.05) is 16.8 Å². The van der Waals surface area contributed by atoms with E-state index >= 15 is 0 Å². The van der Waals surface area contributed by atoms with Crippen LogP contribution >= 0.6 is 11.8 Å². The van der Waals surface area contributed by atoms with Crippen LogP contribution in [0, 0.1) is 0 Å². The SMILES string of the molecule is COC(=O)c1ccc(NC(=O)C(C)Sc2nc(-c3ccccc3)cc(-c3ccccc3)n2)cc1. The van der Waals surface area contributed by atoms with Crippen molar-refractivity contribution in [2.45, 2.75) is 17.3 Å². The van der Waals surface area contributed by atoms with Crippen molar-refractivity contribution in [1.82, 2.24) is 9.97 Å². The van der Waals surface area contributed by atoms with Crippen LogP contribution in [0.2, 0.25) is 0 Å². The number of nitrogens with zero attached hydrogens (tertiary/aromatic N) is 2. The van der Waals surface area contributed by atoms with Crippen LogP contribution < -0.4 is 5.32 Å². The Morgan fingerprint density at radius 1 is 0.824 bits per heavy atom. The molecule has 0 spiro atoms. The summed E-state index contributed by atoms with van der Waals surface area (Å²) in [6, 6.07) is 28.3. The van der Waals surface area contributed by atoms with Crippen LogP contribution in [0.15, 0.2) is 96.2 Å². The Kier molecular flexibility index (Phi) is 7.34. The smallest absolute Gasteiger partial charge is 0.337 e. The van der Waals surface area contributed by atoms with E-state index in [2.05, 4.69) is 5.32 Å². The number of methoxy groups -OCH3 is 1. The van der Waals surface area contributed by atoms with Crippen molar-refractivity contribution in [2.24, 2.45) is 0 Å². The number of aromatic nitrogens is 2. The first-order chi connectivity index (χ1) is 16.5. The summed E-state index contributed by atoms with van der Waals surface area (Å²) in [5.41, 5.74) is 4.56. The molecule has 0 radical (unpaired) electrons. The summed E-state index contributed by atoms with van der Waals surface area (Å²) < 4.78 is 4.70. The predicted molar refractivity (Wildman–Crippen MR) is 135 cm³/mol. The lowest BCUT2D eigenvalue weighted by Gasteiger charge is -2.13. The fourth-order valence-electron chi connectivity index (χ4n) is 3.25. The van der Waals surface area contributed by atoms with Gasteiger partial charge in [-0.25, -0.2) is 14.8 Å². The molecule has 34 heavy (non-hydrogen) atoms. The van der Waals surface area contributed by atoms with Crippen molar-refractivity contribution in [1.29, 1.82) is 0 Å². The van der Waals surface area contributed by atoms with Crippen molar-refractivity contribution in [3.05, 3.63) is 96.6 Å². The average Bonchev–Trinajstić information content (AvgIpc) is 2.89. The second-order valence-corrected chi connectivity index (χ2v) is 8.78. The van der Waals surface area contributed by atoms with Gasteiger partial charge in [0.15, 0.2) is 5.16 Å². The van der Waals surface area contributed by atoms with Gasteiger partial charge < -0.3 is 10.1 Å². The van der Waals surface area contributed by atoms with Crippen molar-refractivity contribution >= 4 is 29.3 Å². The second kappa shape index (κ2) is 10.8. The highest BCUT2D eigenvalue weighted by Gasteiger charge is 2.18. The van der Waals surface area contributed by atoms with Crippen molar-refractivity contribution in [3.8, 4) is 22.5 Å². The van der Waals surface area contributed by atoms with E-state index in [1.165, 1.54) is 18.9 Å². The van der Waals surface area contributed by atoms with Gasteiger partial charge in [-0.05, 0) is 37.3 Å². The number of esters is 1. The number of hydrogen-bond donors (Lipinski definition) is 1. The lowest BCUT2D eigenvalue weighted by atomic mass is 10.1. The number of benzene rings is 3. The topological polar surface area (TPSA) is 81.2 Å². The molecule has 1 unspecified atom stereocenters. The summed E-state index contributed by atoms with van der Waals surface area (Å²) in [5, 5.41) is 2.94. The Balaban J connectivity index is 1.55. The number of anilines is 1. The number of nitrogens with one attached hydrogen (secondary N) is 1. The third-order valence-corrected chi connectivity index (χ3v) is 6.03. The van der Waals surface area contributed by atoms with Gasteiger partial charge in [-0.3, -0.25) is 4.79 Å². The zero-order chi connectivity index (χ0) is 23.9. The monoisotopic (exact) mass is 469 g/mol. The number of amides is 1. The Morgan fingerprint density at radius 3 is 1.85 bits per heavy atom. The molecule has 0 saturated carbocycles.